The number of hydrogen-bond acceptors (Lipinski definition) is 3. The quantitative estimate of drug-likeness (QED) is 0.512. The van der Waals surface area contributed by atoms with Crippen LogP contribution in [0.2, 0.25) is 5.28 Å². The van der Waals surface area contributed by atoms with E-state index in [9.17, 15) is 4.79 Å². The van der Waals surface area contributed by atoms with Gasteiger partial charge in [-0.05, 0) is 11.6 Å². The highest BCUT2D eigenvalue weighted by molar-refractivity contribution is 6.28. The first kappa shape index (κ1) is 6.10. The van der Waals surface area contributed by atoms with E-state index < -0.39 is 11.3 Å². The molecule has 2 N–H and O–H groups in total. The summed E-state index contributed by atoms with van der Waals surface area (Å²) in [5.74, 6) is -0.431. The largest absolute Gasteiger partial charge is 0.502 e. The van der Waals surface area contributed by atoms with Crippen molar-refractivity contribution in [1.29, 1.82) is 0 Å². The lowest BCUT2D eigenvalue weighted by Crippen LogP contribution is -2.05. The van der Waals surface area contributed by atoms with Crippen LogP contribution in [-0.4, -0.2) is 15.1 Å². The van der Waals surface area contributed by atoms with Gasteiger partial charge >= 0.3 is 0 Å². The first-order valence-electron chi connectivity index (χ1n) is 2.14. The molecule has 1 heterocycles. The number of aromatic amines is 1. The van der Waals surface area contributed by atoms with Gasteiger partial charge in [-0.2, -0.15) is 0 Å². The first-order chi connectivity index (χ1) is 4.20. The Morgan fingerprint density at radius 2 is 2.44 bits per heavy atom. The lowest BCUT2D eigenvalue weighted by atomic mass is 10.6. The molecule has 1 aromatic heterocycles. The molecule has 0 amide bonds. The molecule has 4 nitrogen and oxygen atoms in total. The van der Waals surface area contributed by atoms with Crippen LogP contribution in [-0.2, 0) is 0 Å². The molecule has 9 heavy (non-hydrogen) atoms. The van der Waals surface area contributed by atoms with Gasteiger partial charge in [0.05, 0.1) is 6.20 Å². The minimum Gasteiger partial charge on any atom is -0.502 e. The van der Waals surface area contributed by atoms with Gasteiger partial charge in [0.1, 0.15) is 0 Å². The summed E-state index contributed by atoms with van der Waals surface area (Å²) >= 11 is 5.24. The zero-order valence-corrected chi connectivity index (χ0v) is 5.01. The molecule has 0 atom stereocenters. The Hall–Kier alpha value is -1.03. The lowest BCUT2D eigenvalue weighted by Gasteiger charge is -1.87. The van der Waals surface area contributed by atoms with Gasteiger partial charge in [0.15, 0.2) is 5.75 Å². The van der Waals surface area contributed by atoms with Crippen LogP contribution in [0.25, 0.3) is 0 Å². The van der Waals surface area contributed by atoms with E-state index >= 15 is 0 Å². The number of rotatable bonds is 0. The summed E-state index contributed by atoms with van der Waals surface area (Å²) in [7, 11) is 0. The predicted molar refractivity (Wildman–Crippen MR) is 31.5 cm³/mol. The smallest absolute Gasteiger partial charge is 0.293 e. The van der Waals surface area contributed by atoms with Crippen LogP contribution < -0.4 is 5.56 Å². The molecule has 0 aliphatic heterocycles. The average molecular weight is 147 g/mol. The van der Waals surface area contributed by atoms with Crippen LogP contribution in [0.1, 0.15) is 0 Å². The standard InChI is InChI=1S/C4H3ClN2O2/c5-4-6-1-2(8)3(9)7-4/h1,8H,(H,6,7,9). The zero-order valence-electron chi connectivity index (χ0n) is 4.26. The first-order valence-corrected chi connectivity index (χ1v) is 2.52. The lowest BCUT2D eigenvalue weighted by molar-refractivity contribution is 0.463. The topological polar surface area (TPSA) is 66.0 Å². The molecule has 0 saturated carbocycles. The predicted octanol–water partition coefficient (Wildman–Crippen LogP) is 0.129. The maximum Gasteiger partial charge on any atom is 0.293 e. The summed E-state index contributed by atoms with van der Waals surface area (Å²) in [6.45, 7) is 0. The molecule has 0 unspecified atom stereocenters. The van der Waals surface area contributed by atoms with Crippen LogP contribution in [0.5, 0.6) is 5.75 Å². The summed E-state index contributed by atoms with van der Waals surface area (Å²) < 4.78 is 0. The van der Waals surface area contributed by atoms with Crippen molar-refractivity contribution < 1.29 is 5.11 Å². The second-order valence-electron chi connectivity index (χ2n) is 1.39. The third-order valence-electron chi connectivity index (χ3n) is 0.749. The summed E-state index contributed by atoms with van der Waals surface area (Å²) in [5.41, 5.74) is -0.630. The number of halogens is 1. The summed E-state index contributed by atoms with van der Waals surface area (Å²) in [4.78, 5) is 15.9. The van der Waals surface area contributed by atoms with Gasteiger partial charge in [-0.15, -0.1) is 0 Å². The summed E-state index contributed by atoms with van der Waals surface area (Å²) in [5, 5.41) is 8.55. The van der Waals surface area contributed by atoms with E-state index in [1.165, 1.54) is 0 Å². The van der Waals surface area contributed by atoms with E-state index in [1.54, 1.807) is 0 Å². The molecule has 0 bridgehead atoms. The van der Waals surface area contributed by atoms with Crippen LogP contribution in [0.15, 0.2) is 11.0 Å². The van der Waals surface area contributed by atoms with Gasteiger partial charge in [0.25, 0.3) is 5.56 Å². The van der Waals surface area contributed by atoms with Crippen molar-refractivity contribution >= 4 is 11.6 Å². The average Bonchev–Trinajstić information content (AvgIpc) is 1.80. The van der Waals surface area contributed by atoms with Gasteiger partial charge in [-0.25, -0.2) is 4.98 Å². The molecule has 0 saturated heterocycles. The normalized spacial score (nSPS) is 9.44. The van der Waals surface area contributed by atoms with E-state index in [0.717, 1.165) is 6.20 Å². The molecule has 0 aliphatic rings. The monoisotopic (exact) mass is 146 g/mol. The Bertz CT molecular complexity index is 270. The number of nitrogens with zero attached hydrogens (tertiary/aromatic N) is 1. The molecule has 48 valence electrons. The molecular formula is C4H3ClN2O2. The van der Waals surface area contributed by atoms with Gasteiger partial charge < -0.3 is 5.11 Å². The third kappa shape index (κ3) is 1.20. The molecule has 0 fully saturated rings. The molecule has 0 aromatic carbocycles. The Labute approximate surface area is 55.1 Å². The summed E-state index contributed by atoms with van der Waals surface area (Å²) in [6.07, 6.45) is 0.987. The van der Waals surface area contributed by atoms with Gasteiger partial charge in [-0.1, -0.05) is 0 Å². The maximum absolute atomic E-state index is 10.4. The van der Waals surface area contributed by atoms with Crippen LogP contribution in [0, 0.1) is 0 Å². The van der Waals surface area contributed by atoms with E-state index in [4.69, 9.17) is 16.7 Å². The van der Waals surface area contributed by atoms with Gasteiger partial charge in [0, 0.05) is 0 Å². The van der Waals surface area contributed by atoms with E-state index in [2.05, 4.69) is 9.97 Å². The summed E-state index contributed by atoms with van der Waals surface area (Å²) in [6, 6.07) is 0. The van der Waals surface area contributed by atoms with E-state index in [1.807, 2.05) is 0 Å². The highest BCUT2D eigenvalue weighted by Gasteiger charge is 1.94. The molecular weight excluding hydrogens is 144 g/mol. The SMILES string of the molecule is O=c1[nH]c(Cl)ncc1O. The van der Waals surface area contributed by atoms with Crippen molar-refractivity contribution in [3.8, 4) is 5.75 Å². The van der Waals surface area contributed by atoms with Crippen molar-refractivity contribution in [3.05, 3.63) is 21.8 Å². The minimum atomic E-state index is -0.630. The van der Waals surface area contributed by atoms with Gasteiger partial charge in [-0.3, -0.25) is 9.78 Å². The zero-order chi connectivity index (χ0) is 6.85. The van der Waals surface area contributed by atoms with Crippen LogP contribution >= 0.6 is 11.6 Å². The number of nitrogens with one attached hydrogen (secondary N) is 1. The molecule has 0 spiro atoms. The molecule has 0 aliphatic carbocycles. The second kappa shape index (κ2) is 2.06. The fourth-order valence-electron chi connectivity index (χ4n) is 0.366. The molecule has 0 radical (unpaired) electrons. The van der Waals surface area contributed by atoms with Gasteiger partial charge in [0.2, 0.25) is 5.28 Å². The van der Waals surface area contributed by atoms with Crippen molar-refractivity contribution in [2.24, 2.45) is 0 Å². The molecule has 1 rings (SSSR count). The fraction of sp³-hybridized carbons (Fsp3) is 0. The highest BCUT2D eigenvalue weighted by atomic mass is 35.5. The highest BCUT2D eigenvalue weighted by Crippen LogP contribution is 1.98. The Balaban J connectivity index is 3.34. The van der Waals surface area contributed by atoms with Crippen molar-refractivity contribution in [2.75, 3.05) is 0 Å². The van der Waals surface area contributed by atoms with Crippen molar-refractivity contribution in [2.45, 2.75) is 0 Å². The van der Waals surface area contributed by atoms with E-state index in [0.29, 0.717) is 0 Å². The van der Waals surface area contributed by atoms with Crippen molar-refractivity contribution in [1.82, 2.24) is 9.97 Å². The second-order valence-corrected chi connectivity index (χ2v) is 1.75. The fourth-order valence-corrected chi connectivity index (χ4v) is 0.501. The number of aromatic nitrogens is 2. The number of aromatic hydroxyl groups is 1. The van der Waals surface area contributed by atoms with Crippen molar-refractivity contribution in [3.63, 3.8) is 0 Å². The Kier molecular flexibility index (Phi) is 1.40. The minimum absolute atomic E-state index is 0.0298. The molecule has 1 aromatic rings. The van der Waals surface area contributed by atoms with Crippen LogP contribution in [0.3, 0.4) is 0 Å². The van der Waals surface area contributed by atoms with E-state index in [-0.39, 0.29) is 5.28 Å². The molecule has 5 heteroatoms. The Morgan fingerprint density at radius 1 is 1.78 bits per heavy atom. The number of hydrogen-bond donors (Lipinski definition) is 2. The van der Waals surface area contributed by atoms with Crippen LogP contribution in [0.4, 0.5) is 0 Å². The third-order valence-corrected chi connectivity index (χ3v) is 0.942. The number of H-pyrrole nitrogens is 1. The Morgan fingerprint density at radius 3 is 2.89 bits per heavy atom. The maximum atomic E-state index is 10.4.